The van der Waals surface area contributed by atoms with Gasteiger partial charge in [-0.1, -0.05) is 41.9 Å². The zero-order valence-corrected chi connectivity index (χ0v) is 17.1. The van der Waals surface area contributed by atoms with Gasteiger partial charge in [0.1, 0.15) is 0 Å². The molecule has 3 rings (SSSR count). The van der Waals surface area contributed by atoms with Crippen LogP contribution in [0.5, 0.6) is 0 Å². The molecule has 0 aliphatic rings. The highest BCUT2D eigenvalue weighted by Gasteiger charge is 2.39. The SMILES string of the molecule is CCn1ncc(C(=O)Nc2ccc(NC(C)c3ccccc3)c(Cl)c2)c1C(F)(F)F. The van der Waals surface area contributed by atoms with E-state index in [2.05, 4.69) is 15.7 Å². The Bertz CT molecular complexity index is 1030. The van der Waals surface area contributed by atoms with Gasteiger partial charge in [0.15, 0.2) is 5.69 Å². The predicted octanol–water partition coefficient (Wildman–Crippen LogP) is 6.00. The molecule has 5 nitrogen and oxygen atoms in total. The Hall–Kier alpha value is -3.00. The lowest BCUT2D eigenvalue weighted by molar-refractivity contribution is -0.144. The third kappa shape index (κ3) is 4.76. The van der Waals surface area contributed by atoms with E-state index in [1.807, 2.05) is 37.3 Å². The number of amides is 1. The van der Waals surface area contributed by atoms with E-state index in [4.69, 9.17) is 11.6 Å². The molecule has 158 valence electrons. The highest BCUT2D eigenvalue weighted by Crippen LogP contribution is 2.33. The first kappa shape index (κ1) is 21.7. The summed E-state index contributed by atoms with van der Waals surface area (Å²) in [5.41, 5.74) is 0.364. The van der Waals surface area contributed by atoms with E-state index < -0.39 is 23.3 Å². The van der Waals surface area contributed by atoms with Gasteiger partial charge in [-0.2, -0.15) is 18.3 Å². The van der Waals surface area contributed by atoms with Gasteiger partial charge in [-0.3, -0.25) is 9.48 Å². The van der Waals surface area contributed by atoms with Crippen LogP contribution in [0, 0.1) is 0 Å². The maximum Gasteiger partial charge on any atom is 0.433 e. The van der Waals surface area contributed by atoms with Crippen LogP contribution < -0.4 is 10.6 Å². The summed E-state index contributed by atoms with van der Waals surface area (Å²) >= 11 is 6.31. The van der Waals surface area contributed by atoms with Crippen molar-refractivity contribution in [2.75, 3.05) is 10.6 Å². The molecule has 0 saturated heterocycles. The molecule has 0 spiro atoms. The Balaban J connectivity index is 1.76. The molecule has 3 aromatic rings. The summed E-state index contributed by atoms with van der Waals surface area (Å²) in [6, 6.07) is 14.5. The number of carbonyl (C=O) groups is 1. The average molecular weight is 437 g/mol. The van der Waals surface area contributed by atoms with E-state index in [1.54, 1.807) is 12.1 Å². The Labute approximate surface area is 176 Å². The van der Waals surface area contributed by atoms with Gasteiger partial charge in [0, 0.05) is 18.3 Å². The highest BCUT2D eigenvalue weighted by molar-refractivity contribution is 6.33. The lowest BCUT2D eigenvalue weighted by Crippen LogP contribution is -2.21. The average Bonchev–Trinajstić information content (AvgIpc) is 3.15. The fourth-order valence-electron chi connectivity index (χ4n) is 3.06. The van der Waals surface area contributed by atoms with Crippen molar-refractivity contribution < 1.29 is 18.0 Å². The second kappa shape index (κ2) is 8.79. The van der Waals surface area contributed by atoms with Gasteiger partial charge in [0.2, 0.25) is 0 Å². The molecule has 9 heteroatoms. The molecule has 1 aromatic heterocycles. The molecule has 1 unspecified atom stereocenters. The van der Waals surface area contributed by atoms with Crippen LogP contribution in [0.1, 0.15) is 41.5 Å². The van der Waals surface area contributed by atoms with E-state index in [1.165, 1.54) is 13.0 Å². The van der Waals surface area contributed by atoms with Gasteiger partial charge in [-0.25, -0.2) is 0 Å². The van der Waals surface area contributed by atoms with Gasteiger partial charge >= 0.3 is 6.18 Å². The molecule has 2 N–H and O–H groups in total. The van der Waals surface area contributed by atoms with Crippen molar-refractivity contribution in [3.8, 4) is 0 Å². The number of halogens is 4. The van der Waals surface area contributed by atoms with Crippen LogP contribution in [0.25, 0.3) is 0 Å². The van der Waals surface area contributed by atoms with Crippen molar-refractivity contribution in [2.24, 2.45) is 0 Å². The van der Waals surface area contributed by atoms with Crippen molar-refractivity contribution in [1.29, 1.82) is 0 Å². The number of nitrogens with zero attached hydrogens (tertiary/aromatic N) is 2. The summed E-state index contributed by atoms with van der Waals surface area (Å²) in [5, 5.41) is 9.71. The third-order valence-electron chi connectivity index (χ3n) is 4.55. The van der Waals surface area contributed by atoms with Crippen LogP contribution in [0.4, 0.5) is 24.5 Å². The quantitative estimate of drug-likeness (QED) is 0.498. The summed E-state index contributed by atoms with van der Waals surface area (Å²) < 4.78 is 40.8. The van der Waals surface area contributed by atoms with E-state index in [-0.39, 0.29) is 18.3 Å². The number of aromatic nitrogens is 2. The monoisotopic (exact) mass is 436 g/mol. The topological polar surface area (TPSA) is 59.0 Å². The van der Waals surface area contributed by atoms with E-state index in [0.29, 0.717) is 10.7 Å². The van der Waals surface area contributed by atoms with E-state index >= 15 is 0 Å². The van der Waals surface area contributed by atoms with E-state index in [0.717, 1.165) is 16.4 Å². The zero-order chi connectivity index (χ0) is 21.9. The largest absolute Gasteiger partial charge is 0.433 e. The minimum atomic E-state index is -4.70. The van der Waals surface area contributed by atoms with Gasteiger partial charge in [0.25, 0.3) is 5.91 Å². The lowest BCUT2D eigenvalue weighted by Gasteiger charge is -2.17. The Morgan fingerprint density at radius 1 is 1.20 bits per heavy atom. The molecule has 1 amide bonds. The van der Waals surface area contributed by atoms with Crippen molar-refractivity contribution in [2.45, 2.75) is 32.6 Å². The van der Waals surface area contributed by atoms with Crippen LogP contribution >= 0.6 is 11.6 Å². The van der Waals surface area contributed by atoms with Gasteiger partial charge < -0.3 is 10.6 Å². The summed E-state index contributed by atoms with van der Waals surface area (Å²) in [6.07, 6.45) is -3.78. The van der Waals surface area contributed by atoms with Crippen molar-refractivity contribution >= 4 is 28.9 Å². The summed E-state index contributed by atoms with van der Waals surface area (Å²) in [5.74, 6) is -0.906. The first-order chi connectivity index (χ1) is 14.2. The van der Waals surface area contributed by atoms with Crippen LogP contribution in [-0.2, 0) is 12.7 Å². The van der Waals surface area contributed by atoms with Crippen LogP contribution in [0.15, 0.2) is 54.7 Å². The molecule has 2 aromatic carbocycles. The van der Waals surface area contributed by atoms with Crippen LogP contribution in [-0.4, -0.2) is 15.7 Å². The molecule has 0 aliphatic heterocycles. The van der Waals surface area contributed by atoms with Crippen LogP contribution in [0.3, 0.4) is 0 Å². The standard InChI is InChI=1S/C21H20ClF3N4O/c1-3-29-19(21(23,24)25)16(12-26-29)20(30)28-15-9-10-18(17(22)11-15)27-13(2)14-7-5-4-6-8-14/h4-13,27H,3H2,1-2H3,(H,28,30). The Morgan fingerprint density at radius 2 is 1.90 bits per heavy atom. The second-order valence-electron chi connectivity index (χ2n) is 6.65. The minimum absolute atomic E-state index is 0.00604. The van der Waals surface area contributed by atoms with Gasteiger partial charge in [-0.15, -0.1) is 0 Å². The fraction of sp³-hybridized carbons (Fsp3) is 0.238. The fourth-order valence-corrected chi connectivity index (χ4v) is 3.29. The Morgan fingerprint density at radius 3 is 2.50 bits per heavy atom. The third-order valence-corrected chi connectivity index (χ3v) is 4.86. The molecular formula is C21H20ClF3N4O. The minimum Gasteiger partial charge on any atom is -0.377 e. The molecule has 30 heavy (non-hydrogen) atoms. The smallest absolute Gasteiger partial charge is 0.377 e. The highest BCUT2D eigenvalue weighted by atomic mass is 35.5. The molecule has 0 radical (unpaired) electrons. The number of rotatable bonds is 6. The lowest BCUT2D eigenvalue weighted by atomic mass is 10.1. The first-order valence-corrected chi connectivity index (χ1v) is 9.64. The molecular weight excluding hydrogens is 417 g/mol. The van der Waals surface area contributed by atoms with Crippen molar-refractivity contribution in [1.82, 2.24) is 9.78 Å². The Kier molecular flexibility index (Phi) is 6.36. The van der Waals surface area contributed by atoms with Crippen molar-refractivity contribution in [3.05, 3.63) is 76.6 Å². The normalized spacial score (nSPS) is 12.5. The van der Waals surface area contributed by atoms with Crippen molar-refractivity contribution in [3.63, 3.8) is 0 Å². The number of anilines is 2. The number of benzene rings is 2. The molecule has 1 heterocycles. The molecule has 1 atom stereocenters. The number of hydrogen-bond acceptors (Lipinski definition) is 3. The number of hydrogen-bond donors (Lipinski definition) is 2. The molecule has 0 saturated carbocycles. The number of nitrogens with one attached hydrogen (secondary N) is 2. The number of carbonyl (C=O) groups excluding carboxylic acids is 1. The zero-order valence-electron chi connectivity index (χ0n) is 16.3. The second-order valence-corrected chi connectivity index (χ2v) is 7.05. The summed E-state index contributed by atoms with van der Waals surface area (Å²) in [6.45, 7) is 3.49. The molecule has 0 fully saturated rings. The summed E-state index contributed by atoms with van der Waals surface area (Å²) in [4.78, 5) is 12.4. The maximum atomic E-state index is 13.3. The maximum absolute atomic E-state index is 13.3. The molecule has 0 aliphatic carbocycles. The van der Waals surface area contributed by atoms with E-state index in [9.17, 15) is 18.0 Å². The number of alkyl halides is 3. The predicted molar refractivity (Wildman–Crippen MR) is 111 cm³/mol. The first-order valence-electron chi connectivity index (χ1n) is 9.26. The van der Waals surface area contributed by atoms with Gasteiger partial charge in [0.05, 0.1) is 22.5 Å². The number of aryl methyl sites for hydroxylation is 1. The molecule has 0 bridgehead atoms. The summed E-state index contributed by atoms with van der Waals surface area (Å²) in [7, 11) is 0. The van der Waals surface area contributed by atoms with Crippen LogP contribution in [0.2, 0.25) is 5.02 Å². The van der Waals surface area contributed by atoms with Gasteiger partial charge in [-0.05, 0) is 37.6 Å².